The molecule has 1 atom stereocenters. The zero-order valence-electron chi connectivity index (χ0n) is 13.7. The molecular weight excluding hydrogens is 298 g/mol. The Bertz CT molecular complexity index is 829. The molecule has 0 aliphatic carbocycles. The minimum atomic E-state index is 0.0536. The molecule has 0 unspecified atom stereocenters. The molecule has 1 aliphatic rings. The first-order valence-electron chi connectivity index (χ1n) is 8.67. The summed E-state index contributed by atoms with van der Waals surface area (Å²) in [6.45, 7) is 2.22. The Hall–Kier alpha value is -2.46. The molecule has 2 N–H and O–H groups in total. The number of rotatable bonds is 3. The zero-order chi connectivity index (χ0) is 16.4. The van der Waals surface area contributed by atoms with Crippen molar-refractivity contribution in [3.8, 4) is 5.75 Å². The van der Waals surface area contributed by atoms with Crippen LogP contribution in [0.4, 0.5) is 0 Å². The Morgan fingerprint density at radius 2 is 1.71 bits per heavy atom. The highest BCUT2D eigenvalue weighted by Crippen LogP contribution is 2.32. The summed E-state index contributed by atoms with van der Waals surface area (Å²) in [5.41, 5.74) is 2.61. The third-order valence-electron chi connectivity index (χ3n) is 4.98. The van der Waals surface area contributed by atoms with Gasteiger partial charge >= 0.3 is 0 Å². The third-order valence-corrected chi connectivity index (χ3v) is 4.98. The van der Waals surface area contributed by atoms with E-state index in [1.807, 2.05) is 36.5 Å². The van der Waals surface area contributed by atoms with Gasteiger partial charge in [-0.05, 0) is 43.5 Å². The summed E-state index contributed by atoms with van der Waals surface area (Å²) >= 11 is 0. The maximum absolute atomic E-state index is 10.9. The number of aromatic hydroxyl groups is 1. The smallest absolute Gasteiger partial charge is 0.160 e. The predicted octanol–water partition coefficient (Wildman–Crippen LogP) is 2.49. The summed E-state index contributed by atoms with van der Waals surface area (Å²) in [5, 5.41) is 11.9. The van der Waals surface area contributed by atoms with E-state index in [2.05, 4.69) is 22.1 Å². The second-order valence-electron chi connectivity index (χ2n) is 6.49. The Balaban J connectivity index is 1.85. The van der Waals surface area contributed by atoms with Crippen LogP contribution in [0.5, 0.6) is 5.75 Å². The highest BCUT2D eigenvalue weighted by molar-refractivity contribution is 5.85. The van der Waals surface area contributed by atoms with Gasteiger partial charge in [0.25, 0.3) is 0 Å². The van der Waals surface area contributed by atoms with Crippen LogP contribution < -0.4 is 4.90 Å². The highest BCUT2D eigenvalue weighted by atomic mass is 16.3. The number of aromatic nitrogens is 2. The van der Waals surface area contributed by atoms with Gasteiger partial charge in [-0.25, -0.2) is 0 Å². The van der Waals surface area contributed by atoms with Crippen LogP contribution in [0.15, 0.2) is 54.9 Å². The average molecular weight is 320 g/mol. The van der Waals surface area contributed by atoms with E-state index in [0.29, 0.717) is 11.3 Å². The molecule has 0 amide bonds. The Morgan fingerprint density at radius 3 is 2.50 bits per heavy atom. The number of likely N-dealkylation sites (tertiary alicyclic amines) is 1. The van der Waals surface area contributed by atoms with Crippen LogP contribution in [0, 0.1) is 0 Å². The van der Waals surface area contributed by atoms with Gasteiger partial charge in [0.1, 0.15) is 11.2 Å². The molecule has 1 aromatic carbocycles. The molecule has 0 spiro atoms. The fraction of sp³-hybridized carbons (Fsp3) is 0.300. The number of nitrogens with one attached hydrogen (secondary N) is 1. The summed E-state index contributed by atoms with van der Waals surface area (Å²) in [7, 11) is 0. The van der Waals surface area contributed by atoms with Gasteiger partial charge in [0.05, 0.1) is 18.7 Å². The molecule has 3 aromatic rings. The molecule has 4 rings (SSSR count). The highest BCUT2D eigenvalue weighted by Gasteiger charge is 2.31. The summed E-state index contributed by atoms with van der Waals surface area (Å²) < 4.78 is 0. The molecule has 0 bridgehead atoms. The van der Waals surface area contributed by atoms with Crippen molar-refractivity contribution in [2.45, 2.75) is 25.3 Å². The van der Waals surface area contributed by atoms with Gasteiger partial charge in [-0.3, -0.25) is 9.97 Å². The lowest BCUT2D eigenvalue weighted by Crippen LogP contribution is -3.13. The van der Waals surface area contributed by atoms with Crippen molar-refractivity contribution in [1.29, 1.82) is 0 Å². The van der Waals surface area contributed by atoms with Gasteiger partial charge in [0.2, 0.25) is 0 Å². The number of pyridine rings is 2. The van der Waals surface area contributed by atoms with Gasteiger partial charge in [-0.2, -0.15) is 0 Å². The first-order valence-corrected chi connectivity index (χ1v) is 8.67. The first-order chi connectivity index (χ1) is 11.8. The minimum Gasteiger partial charge on any atom is -0.505 e. The van der Waals surface area contributed by atoms with Crippen LogP contribution in [-0.4, -0.2) is 28.2 Å². The van der Waals surface area contributed by atoms with E-state index >= 15 is 0 Å². The van der Waals surface area contributed by atoms with Crippen LogP contribution in [0.25, 0.3) is 10.9 Å². The monoisotopic (exact) mass is 320 g/mol. The van der Waals surface area contributed by atoms with Crippen molar-refractivity contribution in [1.82, 2.24) is 9.97 Å². The Morgan fingerprint density at radius 1 is 0.875 bits per heavy atom. The standard InChI is InChI=1S/C20H21N3O/c24-20-16(10-9-15-7-6-12-22-18(15)20)19(17-8-2-3-11-21-17)23-13-4-1-5-14-23/h2-3,6-12,19,24H,1,4-5,13-14H2/p+1/t19-/m1/s1. The molecule has 0 radical (unpaired) electrons. The number of phenols is 1. The average Bonchev–Trinajstić information content (AvgIpc) is 2.66. The summed E-state index contributed by atoms with van der Waals surface area (Å²) in [4.78, 5) is 10.5. The molecular formula is C20H22N3O+. The third kappa shape index (κ3) is 2.74. The first kappa shape index (κ1) is 15.1. The Kier molecular flexibility index (Phi) is 4.13. The summed E-state index contributed by atoms with van der Waals surface area (Å²) in [6.07, 6.45) is 7.32. The van der Waals surface area contributed by atoms with Crippen molar-refractivity contribution in [3.63, 3.8) is 0 Å². The van der Waals surface area contributed by atoms with Crippen LogP contribution in [-0.2, 0) is 0 Å². The SMILES string of the molecule is Oc1c([C@H](c2ccccn2)[NH+]2CCCCC2)ccc2cccnc12. The van der Waals surface area contributed by atoms with Crippen LogP contribution in [0.1, 0.15) is 36.6 Å². The second-order valence-corrected chi connectivity index (χ2v) is 6.49. The number of nitrogens with zero attached hydrogens (tertiary/aromatic N) is 2. The number of fused-ring (bicyclic) bond motifs is 1. The van der Waals surface area contributed by atoms with Crippen molar-refractivity contribution in [3.05, 3.63) is 66.1 Å². The van der Waals surface area contributed by atoms with E-state index < -0.39 is 0 Å². The number of hydrogen-bond donors (Lipinski definition) is 2. The molecule has 24 heavy (non-hydrogen) atoms. The molecule has 1 aliphatic heterocycles. The minimum absolute atomic E-state index is 0.0536. The van der Waals surface area contributed by atoms with E-state index in [1.165, 1.54) is 24.2 Å². The lowest BCUT2D eigenvalue weighted by Gasteiger charge is -2.31. The molecule has 2 aromatic heterocycles. The van der Waals surface area contributed by atoms with E-state index in [1.54, 1.807) is 6.20 Å². The van der Waals surface area contributed by atoms with Crippen LogP contribution >= 0.6 is 0 Å². The normalized spacial score (nSPS) is 17.0. The predicted molar refractivity (Wildman–Crippen MR) is 94.0 cm³/mol. The van der Waals surface area contributed by atoms with Crippen molar-refractivity contribution < 1.29 is 10.0 Å². The number of benzene rings is 1. The fourth-order valence-corrected chi connectivity index (χ4v) is 3.81. The number of piperidine rings is 1. The molecule has 1 fully saturated rings. The molecule has 1 saturated heterocycles. The van der Waals surface area contributed by atoms with E-state index in [9.17, 15) is 5.11 Å². The van der Waals surface area contributed by atoms with Gasteiger partial charge in [-0.15, -0.1) is 0 Å². The van der Waals surface area contributed by atoms with Gasteiger partial charge in [0.15, 0.2) is 11.8 Å². The number of quaternary nitrogens is 1. The lowest BCUT2D eigenvalue weighted by atomic mass is 9.96. The van der Waals surface area contributed by atoms with Gasteiger partial charge < -0.3 is 10.0 Å². The second kappa shape index (κ2) is 6.57. The molecule has 122 valence electrons. The quantitative estimate of drug-likeness (QED) is 0.779. The summed E-state index contributed by atoms with van der Waals surface area (Å²) in [6, 6.07) is 14.1. The van der Waals surface area contributed by atoms with Crippen molar-refractivity contribution in [2.75, 3.05) is 13.1 Å². The lowest BCUT2D eigenvalue weighted by molar-refractivity contribution is -0.930. The summed E-state index contributed by atoms with van der Waals surface area (Å²) in [5.74, 6) is 0.293. The Labute approximate surface area is 141 Å². The topological polar surface area (TPSA) is 50.5 Å². The van der Waals surface area contributed by atoms with E-state index in [-0.39, 0.29) is 6.04 Å². The van der Waals surface area contributed by atoms with Crippen molar-refractivity contribution >= 4 is 10.9 Å². The van der Waals surface area contributed by atoms with Crippen LogP contribution in [0.3, 0.4) is 0 Å². The molecule has 0 saturated carbocycles. The van der Waals surface area contributed by atoms with Crippen molar-refractivity contribution in [2.24, 2.45) is 0 Å². The number of hydrogen-bond acceptors (Lipinski definition) is 3. The number of phenolic OH excluding ortho intramolecular Hbond substituents is 1. The van der Waals surface area contributed by atoms with E-state index in [0.717, 1.165) is 29.7 Å². The van der Waals surface area contributed by atoms with Gasteiger partial charge in [-0.1, -0.05) is 18.2 Å². The largest absolute Gasteiger partial charge is 0.505 e. The van der Waals surface area contributed by atoms with Gasteiger partial charge in [0, 0.05) is 17.8 Å². The zero-order valence-corrected chi connectivity index (χ0v) is 13.7. The molecule has 4 heteroatoms. The fourth-order valence-electron chi connectivity index (χ4n) is 3.81. The molecule has 4 nitrogen and oxygen atoms in total. The maximum atomic E-state index is 10.9. The molecule has 3 heterocycles. The van der Waals surface area contributed by atoms with E-state index in [4.69, 9.17) is 0 Å². The maximum Gasteiger partial charge on any atom is 0.160 e. The van der Waals surface area contributed by atoms with Crippen LogP contribution in [0.2, 0.25) is 0 Å².